The summed E-state index contributed by atoms with van der Waals surface area (Å²) in [6.45, 7) is 6.62. The van der Waals surface area contributed by atoms with Crippen molar-refractivity contribution in [2.75, 3.05) is 12.4 Å². The Balaban J connectivity index is 3.38. The molecule has 0 aromatic carbocycles. The molecule has 0 saturated heterocycles. The van der Waals surface area contributed by atoms with Gasteiger partial charge in [-0.25, -0.2) is 9.78 Å². The summed E-state index contributed by atoms with van der Waals surface area (Å²) in [5.41, 5.74) is -2.33. The number of carbonyl (C=O) groups is 2. The Kier molecular flexibility index (Phi) is 6.39. The number of pyridine rings is 1. The van der Waals surface area contributed by atoms with E-state index in [0.29, 0.717) is 11.3 Å². The summed E-state index contributed by atoms with van der Waals surface area (Å²) in [5, 5.41) is 3.78. The zero-order valence-corrected chi connectivity index (χ0v) is 14.7. The number of hydrogen-bond donors (Lipinski definition) is 2. The van der Waals surface area contributed by atoms with Gasteiger partial charge in [0.15, 0.2) is 0 Å². The number of ether oxygens (including phenoxy) is 1. The van der Waals surface area contributed by atoms with E-state index in [1.807, 2.05) is 5.32 Å². The average Bonchev–Trinajstić information content (AvgIpc) is 2.42. The molecule has 0 aliphatic carbocycles. The summed E-state index contributed by atoms with van der Waals surface area (Å²) in [6.07, 6.45) is -5.34. The molecule has 0 saturated carbocycles. The standard InChI is InChI=1S/C16H22F3N3O3/c1-9(2)6-13(23)22-15(14(24)25-5,16(17,18)19)21-12-8-10(3)7-11(4)20-12/h7-9H,6H2,1-5H3,(H,20,21)(H,22,23)/t15-/m0/s1. The van der Waals surface area contributed by atoms with Crippen LogP contribution in [0.5, 0.6) is 0 Å². The van der Waals surface area contributed by atoms with Crippen LogP contribution in [-0.4, -0.2) is 35.8 Å². The fourth-order valence-electron chi connectivity index (χ4n) is 2.27. The van der Waals surface area contributed by atoms with E-state index in [9.17, 15) is 22.8 Å². The molecule has 1 aromatic heterocycles. The summed E-state index contributed by atoms with van der Waals surface area (Å²) >= 11 is 0. The van der Waals surface area contributed by atoms with Crippen LogP contribution in [0.15, 0.2) is 12.1 Å². The summed E-state index contributed by atoms with van der Waals surface area (Å²) in [5.74, 6) is -3.01. The van der Waals surface area contributed by atoms with Crippen molar-refractivity contribution in [2.45, 2.75) is 46.0 Å². The van der Waals surface area contributed by atoms with Crippen molar-refractivity contribution in [3.8, 4) is 0 Å². The van der Waals surface area contributed by atoms with Crippen LogP contribution in [0.3, 0.4) is 0 Å². The molecule has 0 aliphatic rings. The van der Waals surface area contributed by atoms with Crippen molar-refractivity contribution >= 4 is 17.7 Å². The fraction of sp³-hybridized carbons (Fsp3) is 0.562. The van der Waals surface area contributed by atoms with Gasteiger partial charge < -0.3 is 15.4 Å². The highest BCUT2D eigenvalue weighted by molar-refractivity contribution is 5.91. The van der Waals surface area contributed by atoms with Gasteiger partial charge in [-0.3, -0.25) is 4.79 Å². The van der Waals surface area contributed by atoms with Crippen LogP contribution >= 0.6 is 0 Å². The first-order valence-electron chi connectivity index (χ1n) is 7.61. The first-order valence-corrected chi connectivity index (χ1v) is 7.61. The topological polar surface area (TPSA) is 80.3 Å². The van der Waals surface area contributed by atoms with Crippen molar-refractivity contribution in [1.82, 2.24) is 10.3 Å². The molecule has 1 atom stereocenters. The molecule has 0 fully saturated rings. The Morgan fingerprint density at radius 3 is 2.28 bits per heavy atom. The molecule has 2 N–H and O–H groups in total. The lowest BCUT2D eigenvalue weighted by molar-refractivity contribution is -0.206. The Labute approximate surface area is 144 Å². The number of hydrogen-bond acceptors (Lipinski definition) is 5. The van der Waals surface area contributed by atoms with Gasteiger partial charge in [0, 0.05) is 12.1 Å². The number of anilines is 1. The van der Waals surface area contributed by atoms with Crippen LogP contribution in [0.2, 0.25) is 0 Å². The second kappa shape index (κ2) is 7.71. The average molecular weight is 361 g/mol. The Morgan fingerprint density at radius 2 is 1.84 bits per heavy atom. The second-order valence-electron chi connectivity index (χ2n) is 6.18. The maximum absolute atomic E-state index is 13.8. The molecular formula is C16H22F3N3O3. The molecule has 1 heterocycles. The van der Waals surface area contributed by atoms with Gasteiger partial charge in [0.1, 0.15) is 5.82 Å². The molecule has 1 aromatic rings. The first-order chi connectivity index (χ1) is 11.4. The number of halogens is 3. The summed E-state index contributed by atoms with van der Waals surface area (Å²) < 4.78 is 45.7. The third-order valence-corrected chi connectivity index (χ3v) is 3.25. The van der Waals surface area contributed by atoms with Crippen LogP contribution in [0.25, 0.3) is 0 Å². The number of carbonyl (C=O) groups excluding carboxylic acids is 2. The molecule has 1 amide bonds. The largest absolute Gasteiger partial charge is 0.466 e. The molecule has 0 aliphatic heterocycles. The van der Waals surface area contributed by atoms with Gasteiger partial charge in [0.2, 0.25) is 5.91 Å². The normalized spacial score (nSPS) is 14.0. The maximum atomic E-state index is 13.8. The lowest BCUT2D eigenvalue weighted by atomic mass is 10.1. The molecule has 0 unspecified atom stereocenters. The third-order valence-electron chi connectivity index (χ3n) is 3.25. The number of aromatic nitrogens is 1. The number of esters is 1. The fourth-order valence-corrected chi connectivity index (χ4v) is 2.27. The minimum Gasteiger partial charge on any atom is -0.466 e. The monoisotopic (exact) mass is 361 g/mol. The number of nitrogens with one attached hydrogen (secondary N) is 2. The first kappa shape index (κ1) is 20.7. The van der Waals surface area contributed by atoms with E-state index in [-0.39, 0.29) is 18.2 Å². The van der Waals surface area contributed by atoms with E-state index < -0.39 is 23.7 Å². The van der Waals surface area contributed by atoms with Crippen molar-refractivity contribution in [3.05, 3.63) is 23.4 Å². The van der Waals surface area contributed by atoms with E-state index in [0.717, 1.165) is 7.11 Å². The molecule has 140 valence electrons. The highest BCUT2D eigenvalue weighted by atomic mass is 19.4. The van der Waals surface area contributed by atoms with E-state index >= 15 is 0 Å². The van der Waals surface area contributed by atoms with Gasteiger partial charge in [-0.05, 0) is 37.5 Å². The highest BCUT2D eigenvalue weighted by Crippen LogP contribution is 2.33. The molecular weight excluding hydrogens is 339 g/mol. The van der Waals surface area contributed by atoms with Crippen molar-refractivity contribution in [3.63, 3.8) is 0 Å². The number of alkyl halides is 3. The van der Waals surface area contributed by atoms with Crippen LogP contribution in [-0.2, 0) is 14.3 Å². The Morgan fingerprint density at radius 1 is 1.24 bits per heavy atom. The van der Waals surface area contributed by atoms with E-state index in [1.54, 1.807) is 39.1 Å². The van der Waals surface area contributed by atoms with Crippen molar-refractivity contribution < 1.29 is 27.5 Å². The SMILES string of the molecule is COC(=O)[C@@](NC(=O)CC(C)C)(Nc1cc(C)cc(C)n1)C(F)(F)F. The predicted octanol–water partition coefficient (Wildman–Crippen LogP) is 2.70. The molecule has 25 heavy (non-hydrogen) atoms. The lowest BCUT2D eigenvalue weighted by Crippen LogP contribution is -2.69. The lowest BCUT2D eigenvalue weighted by Gasteiger charge is -2.35. The smallest absolute Gasteiger partial charge is 0.441 e. The predicted molar refractivity (Wildman–Crippen MR) is 85.7 cm³/mol. The van der Waals surface area contributed by atoms with Crippen LogP contribution in [0, 0.1) is 19.8 Å². The number of rotatable bonds is 6. The molecule has 0 radical (unpaired) electrons. The Bertz CT molecular complexity index is 627. The summed E-state index contributed by atoms with van der Waals surface area (Å²) in [6, 6.07) is 3.00. The van der Waals surface area contributed by atoms with Crippen LogP contribution in [0.1, 0.15) is 31.5 Å². The molecule has 1 rings (SSSR count). The van der Waals surface area contributed by atoms with Gasteiger partial charge >= 0.3 is 17.8 Å². The van der Waals surface area contributed by atoms with Gasteiger partial charge in [-0.2, -0.15) is 13.2 Å². The number of amides is 1. The maximum Gasteiger partial charge on any atom is 0.441 e. The van der Waals surface area contributed by atoms with Crippen LogP contribution < -0.4 is 10.6 Å². The summed E-state index contributed by atoms with van der Waals surface area (Å²) in [7, 11) is 0.814. The summed E-state index contributed by atoms with van der Waals surface area (Å²) in [4.78, 5) is 28.0. The zero-order chi connectivity index (χ0) is 19.4. The van der Waals surface area contributed by atoms with E-state index in [2.05, 4.69) is 9.72 Å². The van der Waals surface area contributed by atoms with Gasteiger partial charge in [-0.1, -0.05) is 13.8 Å². The van der Waals surface area contributed by atoms with Crippen molar-refractivity contribution in [1.29, 1.82) is 0 Å². The highest BCUT2D eigenvalue weighted by Gasteiger charge is 2.63. The van der Waals surface area contributed by atoms with E-state index in [4.69, 9.17) is 0 Å². The zero-order valence-electron chi connectivity index (χ0n) is 14.7. The molecule has 9 heteroatoms. The quantitative estimate of drug-likeness (QED) is 0.602. The van der Waals surface area contributed by atoms with Gasteiger partial charge in [0.05, 0.1) is 7.11 Å². The second-order valence-corrected chi connectivity index (χ2v) is 6.18. The molecule has 0 bridgehead atoms. The third kappa shape index (κ3) is 5.07. The van der Waals surface area contributed by atoms with Gasteiger partial charge in [0.25, 0.3) is 0 Å². The van der Waals surface area contributed by atoms with Crippen molar-refractivity contribution in [2.24, 2.45) is 5.92 Å². The van der Waals surface area contributed by atoms with E-state index in [1.165, 1.54) is 6.07 Å². The number of nitrogens with zero attached hydrogens (tertiary/aromatic N) is 1. The Hall–Kier alpha value is -2.32. The number of aryl methyl sites for hydroxylation is 2. The minimum atomic E-state index is -5.16. The molecule has 6 nitrogen and oxygen atoms in total. The number of methoxy groups -OCH3 is 1. The van der Waals surface area contributed by atoms with Gasteiger partial charge in [-0.15, -0.1) is 0 Å². The molecule has 0 spiro atoms. The van der Waals surface area contributed by atoms with Crippen LogP contribution in [0.4, 0.5) is 19.0 Å². The minimum absolute atomic E-state index is 0.184.